The van der Waals surface area contributed by atoms with E-state index >= 15 is 0 Å². The first-order valence-electron chi connectivity index (χ1n) is 6.35. The van der Waals surface area contributed by atoms with E-state index in [1.165, 1.54) is 0 Å². The number of morpholine rings is 1. The van der Waals surface area contributed by atoms with Gasteiger partial charge in [-0.25, -0.2) is 0 Å². The van der Waals surface area contributed by atoms with Crippen molar-refractivity contribution in [2.45, 2.75) is 27.7 Å². The van der Waals surface area contributed by atoms with Crippen LogP contribution in [0.2, 0.25) is 0 Å². The zero-order chi connectivity index (χ0) is 13.0. The van der Waals surface area contributed by atoms with Gasteiger partial charge in [0.1, 0.15) is 5.78 Å². The largest absolute Gasteiger partial charge is 0.378 e. The van der Waals surface area contributed by atoms with E-state index in [1.807, 2.05) is 27.7 Å². The molecule has 1 unspecified atom stereocenters. The third-order valence-corrected chi connectivity index (χ3v) is 3.13. The molecule has 17 heavy (non-hydrogen) atoms. The van der Waals surface area contributed by atoms with Gasteiger partial charge in [-0.05, 0) is 5.92 Å². The number of rotatable bonds is 4. The third kappa shape index (κ3) is 3.53. The summed E-state index contributed by atoms with van der Waals surface area (Å²) >= 11 is 0. The maximum absolute atomic E-state index is 12.3. The van der Waals surface area contributed by atoms with Crippen LogP contribution in [0.3, 0.4) is 0 Å². The number of carbonyl (C=O) groups excluding carboxylic acids is 2. The maximum atomic E-state index is 12.3. The summed E-state index contributed by atoms with van der Waals surface area (Å²) < 4.78 is 5.22. The van der Waals surface area contributed by atoms with Crippen molar-refractivity contribution < 1.29 is 14.3 Å². The SMILES string of the molecule is CC(C)C(=O)C(C(=O)N1CCOCC1)C(C)C. The summed E-state index contributed by atoms with van der Waals surface area (Å²) in [6.45, 7) is 9.93. The van der Waals surface area contributed by atoms with Crippen molar-refractivity contribution in [2.75, 3.05) is 26.3 Å². The highest BCUT2D eigenvalue weighted by molar-refractivity contribution is 6.02. The monoisotopic (exact) mass is 241 g/mol. The highest BCUT2D eigenvalue weighted by Crippen LogP contribution is 2.20. The molecule has 0 aromatic rings. The Morgan fingerprint density at radius 2 is 1.59 bits per heavy atom. The Balaban J connectivity index is 2.76. The first-order valence-corrected chi connectivity index (χ1v) is 6.35. The molecule has 1 amide bonds. The molecule has 0 aromatic carbocycles. The summed E-state index contributed by atoms with van der Waals surface area (Å²) in [5, 5.41) is 0. The average molecular weight is 241 g/mol. The van der Waals surface area contributed by atoms with Crippen LogP contribution in [0.25, 0.3) is 0 Å². The lowest BCUT2D eigenvalue weighted by Crippen LogP contribution is -2.47. The molecule has 98 valence electrons. The topological polar surface area (TPSA) is 46.6 Å². The molecule has 0 spiro atoms. The lowest BCUT2D eigenvalue weighted by molar-refractivity contribution is -0.147. The minimum atomic E-state index is -0.493. The third-order valence-electron chi connectivity index (χ3n) is 3.13. The fraction of sp³-hybridized carbons (Fsp3) is 0.846. The minimum absolute atomic E-state index is 0.0259. The van der Waals surface area contributed by atoms with Crippen LogP contribution in [0.1, 0.15) is 27.7 Å². The van der Waals surface area contributed by atoms with Gasteiger partial charge in [-0.1, -0.05) is 27.7 Å². The molecule has 0 aliphatic carbocycles. The van der Waals surface area contributed by atoms with E-state index in [-0.39, 0.29) is 23.5 Å². The van der Waals surface area contributed by atoms with E-state index < -0.39 is 5.92 Å². The van der Waals surface area contributed by atoms with Crippen LogP contribution in [0.4, 0.5) is 0 Å². The van der Waals surface area contributed by atoms with E-state index in [4.69, 9.17) is 4.74 Å². The van der Waals surface area contributed by atoms with Crippen molar-refractivity contribution in [3.63, 3.8) is 0 Å². The van der Waals surface area contributed by atoms with Gasteiger partial charge in [-0.15, -0.1) is 0 Å². The highest BCUT2D eigenvalue weighted by atomic mass is 16.5. The van der Waals surface area contributed by atoms with Gasteiger partial charge in [0, 0.05) is 19.0 Å². The normalized spacial score (nSPS) is 18.6. The van der Waals surface area contributed by atoms with Gasteiger partial charge in [0.05, 0.1) is 19.1 Å². The van der Waals surface area contributed by atoms with Crippen LogP contribution in [-0.2, 0) is 14.3 Å². The lowest BCUT2D eigenvalue weighted by Gasteiger charge is -2.31. The van der Waals surface area contributed by atoms with Crippen LogP contribution < -0.4 is 0 Å². The zero-order valence-corrected chi connectivity index (χ0v) is 11.2. The molecule has 0 radical (unpaired) electrons. The Labute approximate surface area is 103 Å². The van der Waals surface area contributed by atoms with Crippen molar-refractivity contribution in [3.05, 3.63) is 0 Å². The predicted octanol–water partition coefficient (Wildman–Crippen LogP) is 1.34. The van der Waals surface area contributed by atoms with Crippen LogP contribution >= 0.6 is 0 Å². The number of hydrogen-bond donors (Lipinski definition) is 0. The van der Waals surface area contributed by atoms with Crippen LogP contribution in [-0.4, -0.2) is 42.9 Å². The molecule has 4 heteroatoms. The molecule has 1 heterocycles. The van der Waals surface area contributed by atoms with Gasteiger partial charge in [0.2, 0.25) is 5.91 Å². The smallest absolute Gasteiger partial charge is 0.233 e. The van der Waals surface area contributed by atoms with E-state index in [0.717, 1.165) is 0 Å². The molecular weight excluding hydrogens is 218 g/mol. The first kappa shape index (κ1) is 14.2. The number of ether oxygens (including phenoxy) is 1. The average Bonchev–Trinajstić information content (AvgIpc) is 2.29. The van der Waals surface area contributed by atoms with Crippen LogP contribution in [0, 0.1) is 17.8 Å². The second-order valence-corrected chi connectivity index (χ2v) is 5.22. The lowest BCUT2D eigenvalue weighted by atomic mass is 9.85. The Hall–Kier alpha value is -0.900. The van der Waals surface area contributed by atoms with Gasteiger partial charge >= 0.3 is 0 Å². The maximum Gasteiger partial charge on any atom is 0.233 e. The number of Topliss-reactive ketones (excluding diaryl/α,β-unsaturated/α-hetero) is 1. The van der Waals surface area contributed by atoms with Gasteiger partial charge in [-0.3, -0.25) is 9.59 Å². The quantitative estimate of drug-likeness (QED) is 0.698. The van der Waals surface area contributed by atoms with Gasteiger partial charge in [-0.2, -0.15) is 0 Å². The molecule has 1 rings (SSSR count). The van der Waals surface area contributed by atoms with E-state index in [2.05, 4.69) is 0 Å². The van der Waals surface area contributed by atoms with Crippen LogP contribution in [0.15, 0.2) is 0 Å². The number of hydrogen-bond acceptors (Lipinski definition) is 3. The molecule has 0 aromatic heterocycles. The number of ketones is 1. The summed E-state index contributed by atoms with van der Waals surface area (Å²) in [6, 6.07) is 0. The highest BCUT2D eigenvalue weighted by Gasteiger charge is 2.34. The van der Waals surface area contributed by atoms with Crippen molar-refractivity contribution in [1.29, 1.82) is 0 Å². The zero-order valence-electron chi connectivity index (χ0n) is 11.2. The van der Waals surface area contributed by atoms with Gasteiger partial charge in [0.25, 0.3) is 0 Å². The van der Waals surface area contributed by atoms with Gasteiger partial charge in [0.15, 0.2) is 0 Å². The summed E-state index contributed by atoms with van der Waals surface area (Å²) in [6.07, 6.45) is 0. The summed E-state index contributed by atoms with van der Waals surface area (Å²) in [4.78, 5) is 26.2. The minimum Gasteiger partial charge on any atom is -0.378 e. The standard InChI is InChI=1S/C13H23NO3/c1-9(2)11(12(15)10(3)4)13(16)14-5-7-17-8-6-14/h9-11H,5-8H2,1-4H3. The van der Waals surface area contributed by atoms with E-state index in [0.29, 0.717) is 26.3 Å². The second kappa shape index (κ2) is 6.15. The molecule has 1 aliphatic heterocycles. The second-order valence-electron chi connectivity index (χ2n) is 5.22. The summed E-state index contributed by atoms with van der Waals surface area (Å²) in [7, 11) is 0. The first-order chi connectivity index (χ1) is 7.95. The van der Waals surface area contributed by atoms with E-state index in [9.17, 15) is 9.59 Å². The summed E-state index contributed by atoms with van der Waals surface area (Å²) in [5.41, 5.74) is 0. The molecule has 1 saturated heterocycles. The number of nitrogens with zero attached hydrogens (tertiary/aromatic N) is 1. The molecule has 1 aliphatic rings. The van der Waals surface area contributed by atoms with Gasteiger partial charge < -0.3 is 9.64 Å². The fourth-order valence-corrected chi connectivity index (χ4v) is 2.07. The van der Waals surface area contributed by atoms with Crippen molar-refractivity contribution in [3.8, 4) is 0 Å². The molecule has 1 fully saturated rings. The van der Waals surface area contributed by atoms with Crippen molar-refractivity contribution >= 4 is 11.7 Å². The van der Waals surface area contributed by atoms with Crippen molar-refractivity contribution in [2.24, 2.45) is 17.8 Å². The summed E-state index contributed by atoms with van der Waals surface area (Å²) in [5.74, 6) is -0.501. The van der Waals surface area contributed by atoms with Crippen LogP contribution in [0.5, 0.6) is 0 Å². The Morgan fingerprint density at radius 1 is 1.06 bits per heavy atom. The molecule has 0 bridgehead atoms. The Morgan fingerprint density at radius 3 is 2.00 bits per heavy atom. The number of amides is 1. The molecule has 1 atom stereocenters. The van der Waals surface area contributed by atoms with Crippen molar-refractivity contribution in [1.82, 2.24) is 4.90 Å². The molecule has 4 nitrogen and oxygen atoms in total. The molecular formula is C13H23NO3. The predicted molar refractivity (Wildman–Crippen MR) is 65.6 cm³/mol. The molecule has 0 saturated carbocycles. The Kier molecular flexibility index (Phi) is 5.12. The fourth-order valence-electron chi connectivity index (χ4n) is 2.07. The Bertz CT molecular complexity index is 280. The number of carbonyl (C=O) groups is 2. The van der Waals surface area contributed by atoms with E-state index in [1.54, 1.807) is 4.90 Å². The molecule has 0 N–H and O–H groups in total.